The monoisotopic (exact) mass is 223 g/mol. The van der Waals surface area contributed by atoms with E-state index in [-0.39, 0.29) is 10.7 Å². The first-order valence-corrected chi connectivity index (χ1v) is 4.94. The highest BCUT2D eigenvalue weighted by molar-refractivity contribution is 7.99. The summed E-state index contributed by atoms with van der Waals surface area (Å²) >= 11 is 6.91. The Labute approximate surface area is 84.3 Å². The van der Waals surface area contributed by atoms with Gasteiger partial charge in [0.05, 0.1) is 17.4 Å². The summed E-state index contributed by atoms with van der Waals surface area (Å²) in [6.07, 6.45) is 0. The lowest BCUT2D eigenvalue weighted by molar-refractivity contribution is 0.533. The van der Waals surface area contributed by atoms with Gasteiger partial charge >= 0.3 is 0 Å². The summed E-state index contributed by atoms with van der Waals surface area (Å²) < 4.78 is 24.6. The topological polar surface area (TPSA) is 26.0 Å². The van der Waals surface area contributed by atoms with Crippen LogP contribution in [-0.4, -0.2) is 12.4 Å². The lowest BCUT2D eigenvalue weighted by Crippen LogP contribution is -1.92. The fourth-order valence-corrected chi connectivity index (χ4v) is 1.82. The molecule has 0 aliphatic rings. The Morgan fingerprint density at radius 2 is 2.15 bits per heavy atom. The Kier molecular flexibility index (Phi) is 3.81. The molecule has 0 aliphatic carbocycles. The number of hydrogen-bond acceptors (Lipinski definition) is 2. The third-order valence-corrected chi connectivity index (χ3v) is 2.82. The van der Waals surface area contributed by atoms with Crippen LogP contribution in [-0.2, 0) is 0 Å². The predicted octanol–water partition coefficient (Wildman–Crippen LogP) is 3.12. The number of nitrogens with two attached hydrogens (primary N) is 1. The van der Waals surface area contributed by atoms with E-state index in [1.807, 2.05) is 0 Å². The molecule has 0 heterocycles. The molecule has 1 aromatic rings. The van der Waals surface area contributed by atoms with Gasteiger partial charge in [0.2, 0.25) is 0 Å². The molecule has 0 unspecified atom stereocenters. The van der Waals surface area contributed by atoms with Crippen molar-refractivity contribution in [2.24, 2.45) is 0 Å². The second-order valence-corrected chi connectivity index (χ2v) is 3.89. The standard InChI is InChI=1S/C8H8ClF2NS/c9-5-3-6(11)7(12)4-8(5)13-2-1-10/h3-4H,1-2,12H2. The van der Waals surface area contributed by atoms with Crippen molar-refractivity contribution in [3.63, 3.8) is 0 Å². The number of benzene rings is 1. The van der Waals surface area contributed by atoms with Crippen molar-refractivity contribution in [1.82, 2.24) is 0 Å². The van der Waals surface area contributed by atoms with Crippen LogP contribution in [0.5, 0.6) is 0 Å². The molecule has 0 spiro atoms. The summed E-state index contributed by atoms with van der Waals surface area (Å²) in [5.41, 5.74) is 5.35. The minimum atomic E-state index is -0.547. The van der Waals surface area contributed by atoms with Gasteiger partial charge in [0.25, 0.3) is 0 Å². The number of halogens is 3. The predicted molar refractivity (Wildman–Crippen MR) is 52.5 cm³/mol. The SMILES string of the molecule is Nc1cc(SCCF)c(Cl)cc1F. The molecule has 1 rings (SSSR count). The van der Waals surface area contributed by atoms with E-state index in [1.54, 1.807) is 0 Å². The molecule has 2 N–H and O–H groups in total. The molecule has 1 aromatic carbocycles. The molecule has 5 heteroatoms. The zero-order valence-electron chi connectivity index (χ0n) is 6.69. The summed E-state index contributed by atoms with van der Waals surface area (Å²) in [4.78, 5) is 0.609. The van der Waals surface area contributed by atoms with Crippen molar-refractivity contribution in [2.75, 3.05) is 18.2 Å². The summed E-state index contributed by atoms with van der Waals surface area (Å²) in [7, 11) is 0. The quantitative estimate of drug-likeness (QED) is 0.630. The molecule has 13 heavy (non-hydrogen) atoms. The van der Waals surface area contributed by atoms with E-state index in [0.717, 1.165) is 6.07 Å². The molecule has 0 radical (unpaired) electrons. The smallest absolute Gasteiger partial charge is 0.147 e. The molecule has 0 bridgehead atoms. The van der Waals surface area contributed by atoms with Gasteiger partial charge < -0.3 is 5.73 Å². The van der Waals surface area contributed by atoms with Crippen LogP contribution in [0.3, 0.4) is 0 Å². The summed E-state index contributed by atoms with van der Waals surface area (Å²) in [6, 6.07) is 2.55. The average Bonchev–Trinajstić information content (AvgIpc) is 2.09. The normalized spacial score (nSPS) is 10.4. The Morgan fingerprint density at radius 3 is 2.77 bits per heavy atom. The van der Waals surface area contributed by atoms with Crippen molar-refractivity contribution < 1.29 is 8.78 Å². The van der Waals surface area contributed by atoms with Crippen LogP contribution in [0.4, 0.5) is 14.5 Å². The van der Waals surface area contributed by atoms with Crippen LogP contribution >= 0.6 is 23.4 Å². The number of anilines is 1. The van der Waals surface area contributed by atoms with E-state index in [1.165, 1.54) is 17.8 Å². The first-order valence-electron chi connectivity index (χ1n) is 3.58. The Morgan fingerprint density at radius 1 is 1.46 bits per heavy atom. The lowest BCUT2D eigenvalue weighted by Gasteiger charge is -2.04. The average molecular weight is 224 g/mol. The first kappa shape index (κ1) is 10.6. The number of thioether (sulfide) groups is 1. The minimum Gasteiger partial charge on any atom is -0.396 e. The Hall–Kier alpha value is -0.480. The molecular weight excluding hydrogens is 216 g/mol. The Balaban J connectivity index is 2.88. The maximum Gasteiger partial charge on any atom is 0.147 e. The number of rotatable bonds is 3. The zero-order valence-corrected chi connectivity index (χ0v) is 8.26. The molecule has 0 saturated carbocycles. The number of alkyl halides is 1. The second kappa shape index (κ2) is 4.67. The molecule has 0 aromatic heterocycles. The van der Waals surface area contributed by atoms with Gasteiger partial charge in [-0.05, 0) is 12.1 Å². The lowest BCUT2D eigenvalue weighted by atomic mass is 10.3. The minimum absolute atomic E-state index is 0.0331. The number of nitrogen functional groups attached to an aromatic ring is 1. The van der Waals surface area contributed by atoms with Gasteiger partial charge in [-0.25, -0.2) is 4.39 Å². The van der Waals surface area contributed by atoms with E-state index in [4.69, 9.17) is 17.3 Å². The zero-order chi connectivity index (χ0) is 9.84. The molecule has 1 nitrogen and oxygen atoms in total. The van der Waals surface area contributed by atoms with Gasteiger partial charge in [0.15, 0.2) is 0 Å². The fraction of sp³-hybridized carbons (Fsp3) is 0.250. The summed E-state index contributed by atoms with van der Waals surface area (Å²) in [5, 5.41) is 0.269. The fourth-order valence-electron chi connectivity index (χ4n) is 0.804. The summed E-state index contributed by atoms with van der Waals surface area (Å²) in [6.45, 7) is -0.446. The molecule has 0 amide bonds. The van der Waals surface area contributed by atoms with Gasteiger partial charge in [-0.3, -0.25) is 4.39 Å². The molecule has 0 fully saturated rings. The maximum absolute atomic E-state index is 12.8. The molecule has 0 saturated heterocycles. The van der Waals surface area contributed by atoms with Gasteiger partial charge in [0, 0.05) is 10.6 Å². The summed E-state index contributed by atoms with van der Waals surface area (Å²) in [5.74, 6) is -0.250. The van der Waals surface area contributed by atoms with Crippen molar-refractivity contribution >= 4 is 29.1 Å². The van der Waals surface area contributed by atoms with E-state index >= 15 is 0 Å². The van der Waals surface area contributed by atoms with Crippen LogP contribution in [0.25, 0.3) is 0 Å². The molecule has 0 atom stereocenters. The van der Waals surface area contributed by atoms with E-state index < -0.39 is 12.5 Å². The maximum atomic E-state index is 12.8. The van der Waals surface area contributed by atoms with Crippen molar-refractivity contribution in [3.8, 4) is 0 Å². The van der Waals surface area contributed by atoms with Gasteiger partial charge in [-0.15, -0.1) is 11.8 Å². The highest BCUT2D eigenvalue weighted by Crippen LogP contribution is 2.30. The Bertz CT molecular complexity index is 306. The van der Waals surface area contributed by atoms with Crippen LogP contribution in [0.1, 0.15) is 0 Å². The number of hydrogen-bond donors (Lipinski definition) is 1. The third-order valence-electron chi connectivity index (χ3n) is 1.39. The van der Waals surface area contributed by atoms with Gasteiger partial charge in [-0.1, -0.05) is 11.6 Å². The highest BCUT2D eigenvalue weighted by Gasteiger charge is 2.06. The third kappa shape index (κ3) is 2.74. The second-order valence-electron chi connectivity index (χ2n) is 2.34. The van der Waals surface area contributed by atoms with Gasteiger partial charge in [0.1, 0.15) is 5.82 Å². The van der Waals surface area contributed by atoms with Crippen LogP contribution in [0, 0.1) is 5.82 Å². The van der Waals surface area contributed by atoms with Crippen LogP contribution in [0.2, 0.25) is 5.02 Å². The van der Waals surface area contributed by atoms with E-state index in [9.17, 15) is 8.78 Å². The highest BCUT2D eigenvalue weighted by atomic mass is 35.5. The van der Waals surface area contributed by atoms with Crippen LogP contribution < -0.4 is 5.73 Å². The van der Waals surface area contributed by atoms with Crippen molar-refractivity contribution in [1.29, 1.82) is 0 Å². The molecule has 0 aliphatic heterocycles. The van der Waals surface area contributed by atoms with Crippen molar-refractivity contribution in [2.45, 2.75) is 4.90 Å². The first-order chi connectivity index (χ1) is 6.15. The van der Waals surface area contributed by atoms with Crippen LogP contribution in [0.15, 0.2) is 17.0 Å². The molecule has 72 valence electrons. The van der Waals surface area contributed by atoms with Crippen molar-refractivity contribution in [3.05, 3.63) is 23.0 Å². The van der Waals surface area contributed by atoms with E-state index in [0.29, 0.717) is 10.6 Å². The van der Waals surface area contributed by atoms with Gasteiger partial charge in [-0.2, -0.15) is 0 Å². The molecular formula is C8H8ClF2NS. The largest absolute Gasteiger partial charge is 0.396 e. The van der Waals surface area contributed by atoms with E-state index in [2.05, 4.69) is 0 Å².